The first-order valence-corrected chi connectivity index (χ1v) is 5.81. The molecule has 2 saturated carbocycles. The molecule has 4 nitrogen and oxygen atoms in total. The molecule has 0 bridgehead atoms. The molecule has 15 heavy (non-hydrogen) atoms. The van der Waals surface area contributed by atoms with Crippen LogP contribution in [0.2, 0.25) is 0 Å². The van der Waals surface area contributed by atoms with Crippen molar-refractivity contribution in [2.75, 3.05) is 0 Å². The summed E-state index contributed by atoms with van der Waals surface area (Å²) in [5, 5.41) is 40.4. The molecule has 0 spiro atoms. The molecule has 0 amide bonds. The molecule has 4 atom stereocenters. The maximum absolute atomic E-state index is 10.4. The van der Waals surface area contributed by atoms with Crippen LogP contribution in [0.15, 0.2) is 0 Å². The van der Waals surface area contributed by atoms with Gasteiger partial charge in [-0.3, -0.25) is 0 Å². The molecule has 0 aliphatic heterocycles. The zero-order chi connectivity index (χ0) is 11.1. The van der Waals surface area contributed by atoms with Crippen molar-refractivity contribution in [3.05, 3.63) is 0 Å². The third kappa shape index (κ3) is 1.51. The van der Waals surface area contributed by atoms with Crippen molar-refractivity contribution in [1.82, 2.24) is 0 Å². The molecule has 0 aromatic carbocycles. The first kappa shape index (κ1) is 11.3. The normalized spacial score (nSPS) is 52.0. The van der Waals surface area contributed by atoms with Gasteiger partial charge in [-0.2, -0.15) is 0 Å². The SMILES string of the molecule is OC1CCCCC1(O)C1(O)CCCC1O. The monoisotopic (exact) mass is 216 g/mol. The van der Waals surface area contributed by atoms with E-state index in [2.05, 4.69) is 0 Å². The van der Waals surface area contributed by atoms with Gasteiger partial charge in [0.1, 0.15) is 11.2 Å². The van der Waals surface area contributed by atoms with Crippen LogP contribution in [0.4, 0.5) is 0 Å². The van der Waals surface area contributed by atoms with Crippen molar-refractivity contribution in [2.24, 2.45) is 0 Å². The van der Waals surface area contributed by atoms with Crippen molar-refractivity contribution in [1.29, 1.82) is 0 Å². The number of hydrogen-bond donors (Lipinski definition) is 4. The predicted molar refractivity (Wildman–Crippen MR) is 54.2 cm³/mol. The molecule has 4 heteroatoms. The Labute approximate surface area is 89.6 Å². The fourth-order valence-electron chi connectivity index (χ4n) is 3.12. The molecule has 0 saturated heterocycles. The van der Waals surface area contributed by atoms with Crippen LogP contribution >= 0.6 is 0 Å². The Morgan fingerprint density at radius 3 is 1.67 bits per heavy atom. The maximum Gasteiger partial charge on any atom is 0.122 e. The Morgan fingerprint density at radius 2 is 1.20 bits per heavy atom. The second-order valence-corrected chi connectivity index (χ2v) is 5.02. The molecule has 2 rings (SSSR count). The summed E-state index contributed by atoms with van der Waals surface area (Å²) in [6.07, 6.45) is 2.31. The summed E-state index contributed by atoms with van der Waals surface area (Å²) in [7, 11) is 0. The number of hydrogen-bond acceptors (Lipinski definition) is 4. The lowest BCUT2D eigenvalue weighted by molar-refractivity contribution is -0.241. The topological polar surface area (TPSA) is 80.9 Å². The third-order valence-corrected chi connectivity index (χ3v) is 4.17. The average molecular weight is 216 g/mol. The highest BCUT2D eigenvalue weighted by molar-refractivity contribution is 5.11. The van der Waals surface area contributed by atoms with Gasteiger partial charge in [0.2, 0.25) is 0 Å². The summed E-state index contributed by atoms with van der Waals surface area (Å²) in [6.45, 7) is 0. The molecule has 2 fully saturated rings. The Hall–Kier alpha value is -0.160. The van der Waals surface area contributed by atoms with E-state index in [0.717, 1.165) is 12.8 Å². The Kier molecular flexibility index (Phi) is 2.79. The average Bonchev–Trinajstić information content (AvgIpc) is 2.54. The largest absolute Gasteiger partial charge is 0.390 e. The lowest BCUT2D eigenvalue weighted by Gasteiger charge is -2.48. The third-order valence-electron chi connectivity index (χ3n) is 4.17. The van der Waals surface area contributed by atoms with E-state index in [0.29, 0.717) is 32.1 Å². The van der Waals surface area contributed by atoms with Gasteiger partial charge in [0, 0.05) is 0 Å². The standard InChI is InChI=1S/C11H20O4/c12-8-4-1-2-6-10(8,14)11(15)7-3-5-9(11)13/h8-9,12-15H,1-7H2. The highest BCUT2D eigenvalue weighted by atomic mass is 16.4. The number of rotatable bonds is 1. The fraction of sp³-hybridized carbons (Fsp3) is 1.00. The summed E-state index contributed by atoms with van der Waals surface area (Å²) < 4.78 is 0. The van der Waals surface area contributed by atoms with E-state index in [4.69, 9.17) is 0 Å². The van der Waals surface area contributed by atoms with Gasteiger partial charge in [-0.1, -0.05) is 12.8 Å². The fourth-order valence-corrected chi connectivity index (χ4v) is 3.12. The molecular weight excluding hydrogens is 196 g/mol. The van der Waals surface area contributed by atoms with Crippen LogP contribution in [0.3, 0.4) is 0 Å². The highest BCUT2D eigenvalue weighted by Crippen LogP contribution is 2.45. The van der Waals surface area contributed by atoms with Crippen LogP contribution < -0.4 is 0 Å². The van der Waals surface area contributed by atoms with E-state index in [9.17, 15) is 20.4 Å². The molecule has 4 unspecified atom stereocenters. The minimum absolute atomic E-state index is 0.377. The summed E-state index contributed by atoms with van der Waals surface area (Å²) in [5.41, 5.74) is -3.02. The van der Waals surface area contributed by atoms with Crippen LogP contribution in [0, 0.1) is 0 Å². The lowest BCUT2D eigenvalue weighted by atomic mass is 9.69. The second kappa shape index (κ2) is 3.70. The summed E-state index contributed by atoms with van der Waals surface area (Å²) >= 11 is 0. The molecule has 88 valence electrons. The predicted octanol–water partition coefficient (Wildman–Crippen LogP) is -0.0717. The summed E-state index contributed by atoms with van der Waals surface area (Å²) in [5.74, 6) is 0. The molecule has 0 aromatic heterocycles. The van der Waals surface area contributed by atoms with Crippen LogP contribution in [0.5, 0.6) is 0 Å². The van der Waals surface area contributed by atoms with E-state index in [1.807, 2.05) is 0 Å². The van der Waals surface area contributed by atoms with Gasteiger partial charge >= 0.3 is 0 Å². The molecule has 4 N–H and O–H groups in total. The smallest absolute Gasteiger partial charge is 0.122 e. The molecular formula is C11H20O4. The van der Waals surface area contributed by atoms with Gasteiger partial charge < -0.3 is 20.4 Å². The van der Waals surface area contributed by atoms with Gasteiger partial charge in [-0.25, -0.2) is 0 Å². The maximum atomic E-state index is 10.4. The Morgan fingerprint density at radius 1 is 0.733 bits per heavy atom. The number of aliphatic hydroxyl groups is 4. The highest BCUT2D eigenvalue weighted by Gasteiger charge is 2.59. The number of aliphatic hydroxyl groups excluding tert-OH is 2. The van der Waals surface area contributed by atoms with Crippen molar-refractivity contribution in [2.45, 2.75) is 68.4 Å². The first-order valence-electron chi connectivity index (χ1n) is 5.81. The first-order chi connectivity index (χ1) is 7.01. The van der Waals surface area contributed by atoms with Crippen LogP contribution in [0.25, 0.3) is 0 Å². The minimum atomic E-state index is -1.51. The van der Waals surface area contributed by atoms with Crippen LogP contribution in [-0.4, -0.2) is 43.8 Å². The zero-order valence-electron chi connectivity index (χ0n) is 8.89. The molecule has 0 aromatic rings. The van der Waals surface area contributed by atoms with Gasteiger partial charge in [-0.05, 0) is 32.1 Å². The Bertz CT molecular complexity index is 245. The van der Waals surface area contributed by atoms with Crippen LogP contribution in [-0.2, 0) is 0 Å². The van der Waals surface area contributed by atoms with Crippen molar-refractivity contribution in [3.8, 4) is 0 Å². The van der Waals surface area contributed by atoms with E-state index in [1.54, 1.807) is 0 Å². The molecule has 0 radical (unpaired) electrons. The second-order valence-electron chi connectivity index (χ2n) is 5.02. The molecule has 2 aliphatic rings. The Balaban J connectivity index is 2.26. The van der Waals surface area contributed by atoms with Crippen molar-refractivity contribution in [3.63, 3.8) is 0 Å². The van der Waals surface area contributed by atoms with E-state index in [-0.39, 0.29) is 0 Å². The lowest BCUT2D eigenvalue weighted by Crippen LogP contribution is -2.65. The summed E-state index contributed by atoms with van der Waals surface area (Å²) in [4.78, 5) is 0. The summed E-state index contributed by atoms with van der Waals surface area (Å²) in [6, 6.07) is 0. The minimum Gasteiger partial charge on any atom is -0.390 e. The van der Waals surface area contributed by atoms with Crippen molar-refractivity contribution < 1.29 is 20.4 Å². The van der Waals surface area contributed by atoms with E-state index < -0.39 is 23.4 Å². The van der Waals surface area contributed by atoms with Gasteiger partial charge in [0.25, 0.3) is 0 Å². The van der Waals surface area contributed by atoms with Crippen molar-refractivity contribution >= 4 is 0 Å². The molecule has 0 heterocycles. The van der Waals surface area contributed by atoms with Gasteiger partial charge in [0.05, 0.1) is 12.2 Å². The quantitative estimate of drug-likeness (QED) is 0.494. The van der Waals surface area contributed by atoms with E-state index >= 15 is 0 Å². The van der Waals surface area contributed by atoms with Crippen LogP contribution in [0.1, 0.15) is 44.9 Å². The van der Waals surface area contributed by atoms with Gasteiger partial charge in [0.15, 0.2) is 0 Å². The van der Waals surface area contributed by atoms with Gasteiger partial charge in [-0.15, -0.1) is 0 Å². The zero-order valence-corrected chi connectivity index (χ0v) is 8.89. The molecule has 2 aliphatic carbocycles. The van der Waals surface area contributed by atoms with E-state index in [1.165, 1.54) is 0 Å².